The van der Waals surface area contributed by atoms with Crippen LogP contribution in [0.15, 0.2) is 0 Å². The molecule has 18 heavy (non-hydrogen) atoms. The number of ether oxygens (including phenoxy) is 1. The van der Waals surface area contributed by atoms with Crippen LogP contribution in [0.3, 0.4) is 0 Å². The number of Topliss-reactive ketones (excluding diaryl/α,β-unsaturated/α-hetero) is 1. The molecule has 1 aliphatic carbocycles. The summed E-state index contributed by atoms with van der Waals surface area (Å²) in [6.07, 6.45) is 3.39. The summed E-state index contributed by atoms with van der Waals surface area (Å²) in [5, 5.41) is 0. The van der Waals surface area contributed by atoms with Gasteiger partial charge in [0, 0.05) is 18.0 Å². The first-order valence-electron chi connectivity index (χ1n) is 6.75. The summed E-state index contributed by atoms with van der Waals surface area (Å²) < 4.78 is 5.45. The number of carbonyl (C=O) groups excluding carboxylic acids is 2. The standard InChI is InChI=1S/C14H23NO3/c1-10(16)11-5-8-15(14(9-11)6-7-14)12(17)18-13(2,3)4/h11H,5-9H2,1-4H3. The van der Waals surface area contributed by atoms with E-state index in [9.17, 15) is 9.59 Å². The number of amides is 1. The van der Waals surface area contributed by atoms with Gasteiger partial charge in [-0.1, -0.05) is 0 Å². The molecule has 1 unspecified atom stereocenters. The average molecular weight is 253 g/mol. The van der Waals surface area contributed by atoms with Crippen molar-refractivity contribution in [2.45, 2.75) is 64.5 Å². The molecular formula is C14H23NO3. The first-order valence-corrected chi connectivity index (χ1v) is 6.75. The summed E-state index contributed by atoms with van der Waals surface area (Å²) in [5.41, 5.74) is -0.526. The van der Waals surface area contributed by atoms with Crippen molar-refractivity contribution >= 4 is 11.9 Å². The number of likely N-dealkylation sites (tertiary alicyclic amines) is 1. The van der Waals surface area contributed by atoms with E-state index in [-0.39, 0.29) is 23.3 Å². The normalized spacial score (nSPS) is 26.0. The van der Waals surface area contributed by atoms with Crippen molar-refractivity contribution < 1.29 is 14.3 Å². The lowest BCUT2D eigenvalue weighted by Crippen LogP contribution is -2.50. The largest absolute Gasteiger partial charge is 0.444 e. The lowest BCUT2D eigenvalue weighted by atomic mass is 9.87. The molecule has 102 valence electrons. The second-order valence-electron chi connectivity index (χ2n) is 6.66. The van der Waals surface area contributed by atoms with Gasteiger partial charge in [0.05, 0.1) is 0 Å². The monoisotopic (exact) mass is 253 g/mol. The molecule has 1 saturated carbocycles. The van der Waals surface area contributed by atoms with Crippen LogP contribution in [0, 0.1) is 5.92 Å². The van der Waals surface area contributed by atoms with Crippen molar-refractivity contribution in [2.75, 3.05) is 6.54 Å². The predicted molar refractivity (Wildman–Crippen MR) is 68.3 cm³/mol. The Morgan fingerprint density at radius 2 is 1.89 bits per heavy atom. The van der Waals surface area contributed by atoms with Gasteiger partial charge in [-0.25, -0.2) is 4.79 Å². The van der Waals surface area contributed by atoms with Gasteiger partial charge < -0.3 is 9.64 Å². The average Bonchev–Trinajstić information content (AvgIpc) is 2.95. The third kappa shape index (κ3) is 2.68. The van der Waals surface area contributed by atoms with Gasteiger partial charge in [0.25, 0.3) is 0 Å². The van der Waals surface area contributed by atoms with E-state index < -0.39 is 5.60 Å². The second-order valence-corrected chi connectivity index (χ2v) is 6.66. The van der Waals surface area contributed by atoms with Crippen LogP contribution < -0.4 is 0 Å². The topological polar surface area (TPSA) is 46.6 Å². The molecule has 1 spiro atoms. The van der Waals surface area contributed by atoms with E-state index in [1.54, 1.807) is 6.92 Å². The van der Waals surface area contributed by atoms with Crippen molar-refractivity contribution in [1.82, 2.24) is 4.90 Å². The zero-order valence-electron chi connectivity index (χ0n) is 11.8. The molecule has 0 aromatic carbocycles. The molecule has 1 atom stereocenters. The highest BCUT2D eigenvalue weighted by Gasteiger charge is 2.54. The Labute approximate surface area is 109 Å². The van der Waals surface area contributed by atoms with Crippen molar-refractivity contribution in [2.24, 2.45) is 5.92 Å². The van der Waals surface area contributed by atoms with E-state index in [1.807, 2.05) is 25.7 Å². The molecule has 4 nitrogen and oxygen atoms in total. The molecule has 1 saturated heterocycles. The first kappa shape index (κ1) is 13.4. The fraction of sp³-hybridized carbons (Fsp3) is 0.857. The highest BCUT2D eigenvalue weighted by atomic mass is 16.6. The van der Waals surface area contributed by atoms with Crippen LogP contribution in [0.25, 0.3) is 0 Å². The molecule has 1 amide bonds. The molecule has 0 bridgehead atoms. The maximum atomic E-state index is 12.2. The summed E-state index contributed by atoms with van der Waals surface area (Å²) in [4.78, 5) is 25.5. The van der Waals surface area contributed by atoms with Gasteiger partial charge >= 0.3 is 6.09 Å². The number of nitrogens with zero attached hydrogens (tertiary/aromatic N) is 1. The molecule has 0 radical (unpaired) electrons. The Balaban J connectivity index is 2.03. The van der Waals surface area contributed by atoms with E-state index in [0.717, 1.165) is 25.7 Å². The smallest absolute Gasteiger partial charge is 0.410 e. The zero-order valence-corrected chi connectivity index (χ0v) is 11.8. The lowest BCUT2D eigenvalue weighted by Gasteiger charge is -2.40. The van der Waals surface area contributed by atoms with Crippen molar-refractivity contribution in [3.05, 3.63) is 0 Å². The number of rotatable bonds is 1. The van der Waals surface area contributed by atoms with Gasteiger partial charge in [-0.2, -0.15) is 0 Å². The fourth-order valence-electron chi connectivity index (χ4n) is 2.76. The third-order valence-electron chi connectivity index (χ3n) is 3.92. The minimum absolute atomic E-state index is 0.0725. The van der Waals surface area contributed by atoms with Crippen LogP contribution in [-0.4, -0.2) is 34.5 Å². The van der Waals surface area contributed by atoms with Crippen molar-refractivity contribution in [3.8, 4) is 0 Å². The maximum Gasteiger partial charge on any atom is 0.410 e. The van der Waals surface area contributed by atoms with Gasteiger partial charge in [-0.05, 0) is 53.4 Å². The van der Waals surface area contributed by atoms with Crippen molar-refractivity contribution in [1.29, 1.82) is 0 Å². The van der Waals surface area contributed by atoms with Crippen LogP contribution in [0.4, 0.5) is 4.79 Å². The van der Waals surface area contributed by atoms with Gasteiger partial charge in [-0.15, -0.1) is 0 Å². The summed E-state index contributed by atoms with van der Waals surface area (Å²) >= 11 is 0. The molecule has 2 fully saturated rings. The molecular weight excluding hydrogens is 230 g/mol. The number of ketones is 1. The highest BCUT2D eigenvalue weighted by molar-refractivity contribution is 5.79. The summed E-state index contributed by atoms with van der Waals surface area (Å²) in [7, 11) is 0. The number of carbonyl (C=O) groups is 2. The fourth-order valence-corrected chi connectivity index (χ4v) is 2.76. The van der Waals surface area contributed by atoms with Crippen molar-refractivity contribution in [3.63, 3.8) is 0 Å². The van der Waals surface area contributed by atoms with Crippen LogP contribution in [0.2, 0.25) is 0 Å². The quantitative estimate of drug-likeness (QED) is 0.722. The summed E-state index contributed by atoms with van der Waals surface area (Å²) in [5.74, 6) is 0.385. The van der Waals surface area contributed by atoms with Crippen LogP contribution >= 0.6 is 0 Å². The maximum absolute atomic E-state index is 12.2. The molecule has 1 heterocycles. The Kier molecular flexibility index (Phi) is 3.16. The van der Waals surface area contributed by atoms with Crippen LogP contribution in [0.5, 0.6) is 0 Å². The minimum Gasteiger partial charge on any atom is -0.444 e. The van der Waals surface area contributed by atoms with Gasteiger partial charge in [0.2, 0.25) is 0 Å². The summed E-state index contributed by atoms with van der Waals surface area (Å²) in [6, 6.07) is 0. The Bertz CT molecular complexity index is 366. The van der Waals surface area contributed by atoms with Gasteiger partial charge in [0.1, 0.15) is 11.4 Å². The van der Waals surface area contributed by atoms with E-state index in [2.05, 4.69) is 0 Å². The van der Waals surface area contributed by atoms with E-state index in [4.69, 9.17) is 4.74 Å². The Morgan fingerprint density at radius 3 is 2.33 bits per heavy atom. The second kappa shape index (κ2) is 4.25. The van der Waals surface area contributed by atoms with E-state index in [1.165, 1.54) is 0 Å². The number of hydrogen-bond donors (Lipinski definition) is 0. The molecule has 2 aliphatic rings. The third-order valence-corrected chi connectivity index (χ3v) is 3.92. The van der Waals surface area contributed by atoms with E-state index in [0.29, 0.717) is 6.54 Å². The SMILES string of the molecule is CC(=O)C1CCN(C(=O)OC(C)(C)C)C2(CC2)C1. The number of piperidine rings is 1. The molecule has 4 heteroatoms. The predicted octanol–water partition coefficient (Wildman–Crippen LogP) is 2.76. The molecule has 0 N–H and O–H groups in total. The Hall–Kier alpha value is -1.06. The van der Waals surface area contributed by atoms with Crippen LogP contribution in [-0.2, 0) is 9.53 Å². The van der Waals surface area contributed by atoms with E-state index >= 15 is 0 Å². The van der Waals surface area contributed by atoms with Crippen LogP contribution in [0.1, 0.15) is 53.4 Å². The van der Waals surface area contributed by atoms with Gasteiger partial charge in [-0.3, -0.25) is 4.79 Å². The van der Waals surface area contributed by atoms with Gasteiger partial charge in [0.15, 0.2) is 0 Å². The minimum atomic E-state index is -0.454. The lowest BCUT2D eigenvalue weighted by molar-refractivity contribution is -0.123. The molecule has 0 aromatic rings. The molecule has 1 aliphatic heterocycles. The highest BCUT2D eigenvalue weighted by Crippen LogP contribution is 2.50. The molecule has 0 aromatic heterocycles. The summed E-state index contributed by atoms with van der Waals surface area (Å²) in [6.45, 7) is 7.95. The zero-order chi connectivity index (χ0) is 13.6. The Morgan fingerprint density at radius 1 is 1.28 bits per heavy atom. The molecule has 2 rings (SSSR count). The first-order chi connectivity index (χ1) is 8.23. The number of hydrogen-bond acceptors (Lipinski definition) is 3.